The lowest BCUT2D eigenvalue weighted by Crippen LogP contribution is -2.42. The van der Waals surface area contributed by atoms with Crippen LogP contribution in [0.15, 0.2) is 0 Å². The van der Waals surface area contributed by atoms with Gasteiger partial charge in [-0.05, 0) is 13.3 Å². The Morgan fingerprint density at radius 1 is 1.22 bits per heavy atom. The number of ether oxygens (including phenoxy) is 2. The summed E-state index contributed by atoms with van der Waals surface area (Å²) in [7, 11) is 2.48. The first kappa shape index (κ1) is 18.0. The molecule has 0 amide bonds. The lowest BCUT2D eigenvalue weighted by molar-refractivity contribution is 0.100. The van der Waals surface area contributed by atoms with Crippen LogP contribution >= 0.6 is 0 Å². The lowest BCUT2D eigenvalue weighted by Gasteiger charge is -2.24. The molecule has 0 saturated carbocycles. The van der Waals surface area contributed by atoms with Crippen LogP contribution in [0.3, 0.4) is 0 Å². The highest BCUT2D eigenvalue weighted by atomic mass is 28.4. The van der Waals surface area contributed by atoms with E-state index < -0.39 is 8.80 Å². The van der Waals surface area contributed by atoms with E-state index in [2.05, 4.69) is 0 Å². The van der Waals surface area contributed by atoms with E-state index in [1.807, 2.05) is 0 Å². The number of rotatable bonds is 9. The number of hydrogen-bond acceptors (Lipinski definition) is 6. The zero-order chi connectivity index (χ0) is 13.9. The number of hydrogen-bond donors (Lipinski definition) is 1. The average Bonchev–Trinajstić information content (AvgIpc) is 3.20. The molecule has 6 nitrogen and oxygen atoms in total. The van der Waals surface area contributed by atoms with Gasteiger partial charge in [-0.3, -0.25) is 0 Å². The number of aliphatic hydroxyl groups is 1. The van der Waals surface area contributed by atoms with Crippen LogP contribution in [0, 0.1) is 0 Å². The summed E-state index contributed by atoms with van der Waals surface area (Å²) in [6, 6.07) is 0.780. The van der Waals surface area contributed by atoms with E-state index in [1.165, 1.54) is 0 Å². The molecule has 1 aliphatic rings. The molecule has 1 atom stereocenters. The van der Waals surface area contributed by atoms with Gasteiger partial charge in [0.25, 0.3) is 0 Å². The van der Waals surface area contributed by atoms with Gasteiger partial charge in [0.05, 0.1) is 13.2 Å². The van der Waals surface area contributed by atoms with E-state index in [0.29, 0.717) is 19.3 Å². The smallest absolute Gasteiger partial charge is 0.397 e. The van der Waals surface area contributed by atoms with E-state index >= 15 is 0 Å². The standard InChI is InChI=1S/C9H20O5Si.C2H6O/c1-10-15(11-2,12-3)6-4-5-13-7-9-8-14-9;1-2-3/h9H,4-8H2,1-3H3;3H,2H2,1H3. The van der Waals surface area contributed by atoms with Crippen LogP contribution < -0.4 is 0 Å². The molecule has 1 saturated heterocycles. The summed E-state index contributed by atoms with van der Waals surface area (Å²) >= 11 is 0. The van der Waals surface area contributed by atoms with E-state index in [-0.39, 0.29) is 6.61 Å². The quantitative estimate of drug-likeness (QED) is 0.381. The van der Waals surface area contributed by atoms with Crippen LogP contribution in [-0.2, 0) is 22.8 Å². The Hall–Kier alpha value is -0.0231. The zero-order valence-corrected chi connectivity index (χ0v) is 12.8. The van der Waals surface area contributed by atoms with Gasteiger partial charge in [-0.1, -0.05) is 0 Å². The second-order valence-electron chi connectivity index (χ2n) is 3.75. The van der Waals surface area contributed by atoms with Crippen LogP contribution in [0.4, 0.5) is 0 Å². The molecule has 1 unspecified atom stereocenters. The molecule has 0 spiro atoms. The van der Waals surface area contributed by atoms with Gasteiger partial charge in [0.1, 0.15) is 6.10 Å². The molecule has 1 aliphatic heterocycles. The van der Waals surface area contributed by atoms with Crippen LogP contribution in [0.2, 0.25) is 6.04 Å². The van der Waals surface area contributed by atoms with E-state index in [9.17, 15) is 0 Å². The van der Waals surface area contributed by atoms with Crippen LogP contribution in [0.5, 0.6) is 0 Å². The first-order valence-electron chi connectivity index (χ1n) is 6.13. The molecule has 0 aliphatic carbocycles. The van der Waals surface area contributed by atoms with Gasteiger partial charge in [0.15, 0.2) is 0 Å². The maximum atomic E-state index is 7.57. The van der Waals surface area contributed by atoms with E-state index in [4.69, 9.17) is 27.9 Å². The fraction of sp³-hybridized carbons (Fsp3) is 1.00. The van der Waals surface area contributed by atoms with Crippen molar-refractivity contribution in [1.82, 2.24) is 0 Å². The largest absolute Gasteiger partial charge is 0.500 e. The maximum Gasteiger partial charge on any atom is 0.500 e. The van der Waals surface area contributed by atoms with Gasteiger partial charge >= 0.3 is 8.80 Å². The van der Waals surface area contributed by atoms with E-state index in [0.717, 1.165) is 19.1 Å². The zero-order valence-electron chi connectivity index (χ0n) is 11.8. The molecule has 0 aromatic rings. The molecule has 0 aromatic heterocycles. The van der Waals surface area contributed by atoms with E-state index in [1.54, 1.807) is 28.3 Å². The van der Waals surface area contributed by atoms with Crippen LogP contribution in [0.1, 0.15) is 13.3 Å². The van der Waals surface area contributed by atoms with Crippen molar-refractivity contribution in [2.45, 2.75) is 25.5 Å². The predicted molar refractivity (Wildman–Crippen MR) is 69.5 cm³/mol. The van der Waals surface area contributed by atoms with Crippen LogP contribution in [0.25, 0.3) is 0 Å². The monoisotopic (exact) mass is 282 g/mol. The Morgan fingerprint density at radius 3 is 2.11 bits per heavy atom. The van der Waals surface area contributed by atoms with Crippen molar-refractivity contribution in [3.63, 3.8) is 0 Å². The number of epoxide rings is 1. The highest BCUT2D eigenvalue weighted by Gasteiger charge is 2.36. The van der Waals surface area contributed by atoms with Crippen LogP contribution in [-0.4, -0.2) is 67.8 Å². The normalized spacial score (nSPS) is 18.2. The van der Waals surface area contributed by atoms with Crippen molar-refractivity contribution < 1.29 is 27.9 Å². The summed E-state index contributed by atoms with van der Waals surface area (Å²) in [5.41, 5.74) is 0. The summed E-state index contributed by atoms with van der Waals surface area (Å²) in [4.78, 5) is 0. The number of aliphatic hydroxyl groups excluding tert-OH is 1. The molecular formula is C11H26O6Si. The topological polar surface area (TPSA) is 69.7 Å². The molecule has 1 fully saturated rings. The molecule has 1 heterocycles. The van der Waals surface area contributed by atoms with Crippen molar-refractivity contribution in [3.8, 4) is 0 Å². The minimum Gasteiger partial charge on any atom is -0.397 e. The third kappa shape index (κ3) is 8.14. The Kier molecular flexibility index (Phi) is 10.8. The van der Waals surface area contributed by atoms with Crippen molar-refractivity contribution in [3.05, 3.63) is 0 Å². The lowest BCUT2D eigenvalue weighted by atomic mass is 10.5. The van der Waals surface area contributed by atoms with Crippen molar-refractivity contribution in [2.75, 3.05) is 47.8 Å². The Bertz CT molecular complexity index is 176. The fourth-order valence-corrected chi connectivity index (χ4v) is 3.02. The second-order valence-corrected chi connectivity index (χ2v) is 6.84. The summed E-state index contributed by atoms with van der Waals surface area (Å²) in [6.45, 7) is 4.17. The molecule has 18 heavy (non-hydrogen) atoms. The van der Waals surface area contributed by atoms with Gasteiger partial charge in [0, 0.05) is 40.6 Å². The Morgan fingerprint density at radius 2 is 1.72 bits per heavy atom. The second kappa shape index (κ2) is 10.9. The summed E-state index contributed by atoms with van der Waals surface area (Å²) < 4.78 is 26.3. The van der Waals surface area contributed by atoms with Gasteiger partial charge in [-0.2, -0.15) is 0 Å². The third-order valence-corrected chi connectivity index (χ3v) is 5.24. The molecule has 0 aromatic carbocycles. The maximum absolute atomic E-state index is 7.57. The first-order chi connectivity index (χ1) is 8.67. The average molecular weight is 282 g/mol. The fourth-order valence-electron chi connectivity index (χ4n) is 1.33. The Labute approximate surface area is 111 Å². The highest BCUT2D eigenvalue weighted by molar-refractivity contribution is 6.60. The highest BCUT2D eigenvalue weighted by Crippen LogP contribution is 2.15. The molecular weight excluding hydrogens is 256 g/mol. The van der Waals surface area contributed by atoms with Gasteiger partial charge in [0.2, 0.25) is 0 Å². The summed E-state index contributed by atoms with van der Waals surface area (Å²) in [6.07, 6.45) is 1.22. The van der Waals surface area contributed by atoms with Gasteiger partial charge < -0.3 is 27.9 Å². The molecule has 110 valence electrons. The predicted octanol–water partition coefficient (Wildman–Crippen LogP) is 0.669. The van der Waals surface area contributed by atoms with Crippen molar-refractivity contribution in [1.29, 1.82) is 0 Å². The SMILES string of the molecule is CCO.CO[Si](CCCOCC1CO1)(OC)OC. The molecule has 0 bridgehead atoms. The van der Waals surface area contributed by atoms with Gasteiger partial charge in [-0.25, -0.2) is 0 Å². The molecule has 0 radical (unpaired) electrons. The molecule has 1 rings (SSSR count). The third-order valence-electron chi connectivity index (χ3n) is 2.41. The Balaban J connectivity index is 0.000000873. The minimum absolute atomic E-state index is 0.250. The summed E-state index contributed by atoms with van der Waals surface area (Å²) in [5.74, 6) is 0. The molecule has 1 N–H and O–H groups in total. The first-order valence-corrected chi connectivity index (χ1v) is 8.06. The molecule has 7 heteroatoms. The van der Waals surface area contributed by atoms with Crippen molar-refractivity contribution >= 4 is 8.80 Å². The van der Waals surface area contributed by atoms with Crippen molar-refractivity contribution in [2.24, 2.45) is 0 Å². The minimum atomic E-state index is -2.39. The van der Waals surface area contributed by atoms with Gasteiger partial charge in [-0.15, -0.1) is 0 Å². The summed E-state index contributed by atoms with van der Waals surface area (Å²) in [5, 5.41) is 7.57.